The number of carbonyl (C=O) groups is 1. The topological polar surface area (TPSA) is 37.3 Å². The van der Waals surface area contributed by atoms with Crippen molar-refractivity contribution >= 4 is 41.3 Å². The van der Waals surface area contributed by atoms with Gasteiger partial charge in [0.2, 0.25) is 0 Å². The van der Waals surface area contributed by atoms with E-state index < -0.39 is 5.97 Å². The first-order chi connectivity index (χ1) is 7.75. The Labute approximate surface area is 104 Å². The molecule has 2 rings (SSSR count). The number of carboxylic acids is 1. The minimum atomic E-state index is -0.689. The molecule has 2 aromatic rings. The molecular formula is C13H12O2Te. The zero-order valence-corrected chi connectivity index (χ0v) is 11.0. The van der Waals surface area contributed by atoms with E-state index in [2.05, 4.69) is 30.3 Å². The van der Waals surface area contributed by atoms with Gasteiger partial charge in [-0.2, -0.15) is 0 Å². The third-order valence-electron chi connectivity index (χ3n) is 2.31. The predicted octanol–water partition coefficient (Wildman–Crippen LogP) is 2.06. The van der Waals surface area contributed by atoms with Gasteiger partial charge in [-0.3, -0.25) is 0 Å². The molecule has 0 unspecified atom stereocenters. The van der Waals surface area contributed by atoms with E-state index in [-0.39, 0.29) is 20.9 Å². The summed E-state index contributed by atoms with van der Waals surface area (Å²) < 4.78 is 2.17. The first-order valence-electron chi connectivity index (χ1n) is 5.09. The van der Waals surface area contributed by atoms with Crippen molar-refractivity contribution < 1.29 is 9.90 Å². The van der Waals surface area contributed by atoms with Crippen LogP contribution in [-0.2, 0) is 4.79 Å². The quantitative estimate of drug-likeness (QED) is 0.873. The number of hydrogen-bond acceptors (Lipinski definition) is 1. The fourth-order valence-corrected chi connectivity index (χ4v) is 4.04. The van der Waals surface area contributed by atoms with Crippen molar-refractivity contribution in [2.45, 2.75) is 10.9 Å². The number of carboxylic acid groups (broad SMARTS) is 1. The van der Waals surface area contributed by atoms with Crippen LogP contribution in [0.3, 0.4) is 0 Å². The molecule has 16 heavy (non-hydrogen) atoms. The maximum atomic E-state index is 10.4. The molecule has 0 radical (unpaired) electrons. The van der Waals surface area contributed by atoms with Crippen LogP contribution >= 0.6 is 0 Å². The Kier molecular flexibility index (Phi) is 3.82. The molecule has 0 aliphatic rings. The fraction of sp³-hybridized carbons (Fsp3) is 0.154. The van der Waals surface area contributed by atoms with Gasteiger partial charge in [-0.1, -0.05) is 0 Å². The molecule has 2 nitrogen and oxygen atoms in total. The van der Waals surface area contributed by atoms with Gasteiger partial charge in [-0.05, 0) is 0 Å². The molecule has 0 spiro atoms. The molecule has 0 aliphatic heterocycles. The van der Waals surface area contributed by atoms with Gasteiger partial charge in [-0.25, -0.2) is 0 Å². The van der Waals surface area contributed by atoms with E-state index in [4.69, 9.17) is 5.11 Å². The molecular weight excluding hydrogens is 316 g/mol. The van der Waals surface area contributed by atoms with Gasteiger partial charge in [0.05, 0.1) is 0 Å². The van der Waals surface area contributed by atoms with Gasteiger partial charge in [0, 0.05) is 0 Å². The Morgan fingerprint density at radius 1 is 1.12 bits per heavy atom. The third kappa shape index (κ3) is 2.98. The van der Waals surface area contributed by atoms with Crippen LogP contribution in [0.15, 0.2) is 42.5 Å². The summed E-state index contributed by atoms with van der Waals surface area (Å²) in [5.41, 5.74) is 0. The Bertz CT molecular complexity index is 508. The Morgan fingerprint density at radius 3 is 2.62 bits per heavy atom. The van der Waals surface area contributed by atoms with Crippen LogP contribution in [0.2, 0.25) is 4.47 Å². The van der Waals surface area contributed by atoms with Gasteiger partial charge < -0.3 is 0 Å². The van der Waals surface area contributed by atoms with E-state index in [9.17, 15) is 4.79 Å². The first kappa shape index (κ1) is 11.4. The van der Waals surface area contributed by atoms with Crippen LogP contribution in [0.5, 0.6) is 0 Å². The number of rotatable bonds is 4. The van der Waals surface area contributed by atoms with Gasteiger partial charge in [0.1, 0.15) is 0 Å². The van der Waals surface area contributed by atoms with E-state index in [1.54, 1.807) is 0 Å². The van der Waals surface area contributed by atoms with Crippen molar-refractivity contribution in [2.24, 2.45) is 0 Å². The summed E-state index contributed by atoms with van der Waals surface area (Å²) in [6, 6.07) is 14.7. The third-order valence-corrected chi connectivity index (χ3v) is 5.15. The second-order valence-corrected chi connectivity index (χ2v) is 6.84. The SMILES string of the molecule is O=C(O)CC[Te]c1ccc2ccccc2c1. The molecule has 0 bridgehead atoms. The predicted molar refractivity (Wildman–Crippen MR) is 66.4 cm³/mol. The molecule has 0 amide bonds. The summed E-state index contributed by atoms with van der Waals surface area (Å²) >= 11 is -0.343. The zero-order chi connectivity index (χ0) is 11.4. The normalized spacial score (nSPS) is 10.5. The number of fused-ring (bicyclic) bond motifs is 1. The minimum absolute atomic E-state index is 0.301. The Balaban J connectivity index is 2.10. The molecule has 3 heteroatoms. The van der Waals surface area contributed by atoms with Gasteiger partial charge >= 0.3 is 105 Å². The van der Waals surface area contributed by atoms with Gasteiger partial charge in [0.15, 0.2) is 0 Å². The second kappa shape index (κ2) is 5.34. The van der Waals surface area contributed by atoms with Crippen molar-refractivity contribution in [1.82, 2.24) is 0 Å². The molecule has 0 aliphatic carbocycles. The summed E-state index contributed by atoms with van der Waals surface area (Å²) in [4.78, 5) is 10.4. The Hall–Kier alpha value is -1.04. The molecule has 1 N–H and O–H groups in total. The molecule has 0 saturated carbocycles. The standard InChI is InChI=1S/C13H12O2Te/c14-13(15)7-8-16-12-6-5-10-3-1-2-4-11(10)9-12/h1-6,9H,7-8H2,(H,14,15). The van der Waals surface area contributed by atoms with Crippen LogP contribution in [-0.4, -0.2) is 32.0 Å². The molecule has 0 heterocycles. The van der Waals surface area contributed by atoms with Crippen molar-refractivity contribution in [2.75, 3.05) is 0 Å². The second-order valence-electron chi connectivity index (χ2n) is 3.50. The molecule has 0 aromatic heterocycles. The average Bonchev–Trinajstić information content (AvgIpc) is 2.28. The van der Waals surface area contributed by atoms with E-state index in [0.29, 0.717) is 6.42 Å². The van der Waals surface area contributed by atoms with Crippen LogP contribution in [0, 0.1) is 0 Å². The van der Waals surface area contributed by atoms with Crippen molar-refractivity contribution in [3.63, 3.8) is 0 Å². The monoisotopic (exact) mass is 330 g/mol. The van der Waals surface area contributed by atoms with E-state index in [1.165, 1.54) is 14.4 Å². The molecule has 2 aromatic carbocycles. The first-order valence-corrected chi connectivity index (χ1v) is 7.90. The van der Waals surface area contributed by atoms with E-state index in [0.717, 1.165) is 4.47 Å². The summed E-state index contributed by atoms with van der Waals surface area (Å²) in [5.74, 6) is -0.689. The fourth-order valence-electron chi connectivity index (χ4n) is 1.51. The summed E-state index contributed by atoms with van der Waals surface area (Å²) in [6.07, 6.45) is 0.301. The van der Waals surface area contributed by atoms with E-state index in [1.807, 2.05) is 12.1 Å². The molecule has 82 valence electrons. The average molecular weight is 328 g/mol. The summed E-state index contributed by atoms with van der Waals surface area (Å²) in [5, 5.41) is 11.1. The van der Waals surface area contributed by atoms with Crippen LogP contribution < -0.4 is 3.61 Å². The number of hydrogen-bond donors (Lipinski definition) is 1. The van der Waals surface area contributed by atoms with Crippen LogP contribution in [0.4, 0.5) is 0 Å². The van der Waals surface area contributed by atoms with Gasteiger partial charge in [-0.15, -0.1) is 0 Å². The van der Waals surface area contributed by atoms with Crippen molar-refractivity contribution in [3.8, 4) is 0 Å². The number of benzene rings is 2. The Morgan fingerprint density at radius 2 is 1.88 bits per heavy atom. The van der Waals surface area contributed by atoms with Gasteiger partial charge in [0.25, 0.3) is 0 Å². The van der Waals surface area contributed by atoms with Crippen LogP contribution in [0.1, 0.15) is 6.42 Å². The summed E-state index contributed by atoms with van der Waals surface area (Å²) in [6.45, 7) is 0. The molecule has 0 saturated heterocycles. The zero-order valence-electron chi connectivity index (χ0n) is 8.72. The van der Waals surface area contributed by atoms with Crippen LogP contribution in [0.25, 0.3) is 10.8 Å². The van der Waals surface area contributed by atoms with Crippen molar-refractivity contribution in [3.05, 3.63) is 42.5 Å². The van der Waals surface area contributed by atoms with Crippen molar-refractivity contribution in [1.29, 1.82) is 0 Å². The maximum absolute atomic E-state index is 10.4. The molecule has 0 atom stereocenters. The number of aliphatic carboxylic acids is 1. The van der Waals surface area contributed by atoms with E-state index >= 15 is 0 Å². The molecule has 0 fully saturated rings. The summed E-state index contributed by atoms with van der Waals surface area (Å²) in [7, 11) is 0.